The first-order chi connectivity index (χ1) is 12.3. The highest BCUT2D eigenvalue weighted by Gasteiger charge is 2.35. The van der Waals surface area contributed by atoms with Crippen LogP contribution in [0.4, 0.5) is 29.3 Å². The van der Waals surface area contributed by atoms with E-state index in [4.69, 9.17) is 0 Å². The second-order valence-electron chi connectivity index (χ2n) is 6.49. The zero-order valence-electron chi connectivity index (χ0n) is 14.6. The Hall–Kier alpha value is -2.70. The number of alkyl halides is 3. The van der Waals surface area contributed by atoms with Crippen molar-refractivity contribution in [2.24, 2.45) is 0 Å². The van der Waals surface area contributed by atoms with Gasteiger partial charge in [-0.3, -0.25) is 0 Å². The number of hydrogen-bond acceptors (Lipinski definition) is 2. The van der Waals surface area contributed by atoms with E-state index in [1.54, 1.807) is 25.1 Å². The summed E-state index contributed by atoms with van der Waals surface area (Å²) in [6, 6.07) is 11.1. The molecule has 138 valence electrons. The van der Waals surface area contributed by atoms with Gasteiger partial charge in [0.25, 0.3) is 0 Å². The summed E-state index contributed by atoms with van der Waals surface area (Å²) >= 11 is 0. The number of halogens is 3. The minimum absolute atomic E-state index is 0.230. The molecule has 0 aromatic heterocycles. The number of rotatable bonds is 2. The van der Waals surface area contributed by atoms with Gasteiger partial charge in [0, 0.05) is 32.9 Å². The summed E-state index contributed by atoms with van der Waals surface area (Å²) in [6.07, 6.45) is -3.86. The van der Waals surface area contributed by atoms with Crippen LogP contribution in [0.15, 0.2) is 42.5 Å². The number of anilines is 2. The number of urea groups is 1. The summed E-state index contributed by atoms with van der Waals surface area (Å²) < 4.78 is 40.2. The van der Waals surface area contributed by atoms with Crippen LogP contribution < -0.4 is 10.2 Å². The Bertz CT molecular complexity index is 818. The van der Waals surface area contributed by atoms with Crippen molar-refractivity contribution >= 4 is 17.4 Å². The van der Waals surface area contributed by atoms with Crippen LogP contribution in [-0.2, 0) is 19.1 Å². The average molecular weight is 363 g/mol. The number of hydrogen-bond donors (Lipinski definition) is 1. The van der Waals surface area contributed by atoms with Gasteiger partial charge in [-0.1, -0.05) is 24.3 Å². The van der Waals surface area contributed by atoms with Gasteiger partial charge in [-0.15, -0.1) is 0 Å². The van der Waals surface area contributed by atoms with Gasteiger partial charge in [0.05, 0.1) is 11.3 Å². The molecule has 7 heteroatoms. The summed E-state index contributed by atoms with van der Waals surface area (Å²) in [5.74, 6) is 0. The molecule has 0 radical (unpaired) electrons. The SMILES string of the molecule is CN(C)c1ccc(NC(=O)N2CCc3ccccc3C2)c(C(F)(F)F)c1. The largest absolute Gasteiger partial charge is 0.418 e. The molecule has 0 unspecified atom stereocenters. The molecule has 0 bridgehead atoms. The van der Waals surface area contributed by atoms with Gasteiger partial charge in [-0.2, -0.15) is 13.2 Å². The van der Waals surface area contributed by atoms with E-state index in [2.05, 4.69) is 5.32 Å². The maximum atomic E-state index is 13.4. The predicted octanol–water partition coefficient (Wildman–Crippen LogP) is 4.36. The van der Waals surface area contributed by atoms with Crippen LogP contribution in [0.25, 0.3) is 0 Å². The highest BCUT2D eigenvalue weighted by atomic mass is 19.4. The zero-order chi connectivity index (χ0) is 18.9. The summed E-state index contributed by atoms with van der Waals surface area (Å²) in [6.45, 7) is 0.860. The molecule has 26 heavy (non-hydrogen) atoms. The number of amides is 2. The number of carbonyl (C=O) groups excluding carboxylic acids is 1. The van der Waals surface area contributed by atoms with Gasteiger partial charge < -0.3 is 15.1 Å². The normalized spacial score (nSPS) is 14.0. The smallest absolute Gasteiger partial charge is 0.378 e. The number of fused-ring (bicyclic) bond motifs is 1. The van der Waals surface area contributed by atoms with Gasteiger partial charge in [0.15, 0.2) is 0 Å². The molecule has 1 aliphatic heterocycles. The Morgan fingerprint density at radius 2 is 1.81 bits per heavy atom. The lowest BCUT2D eigenvalue weighted by Crippen LogP contribution is -2.39. The van der Waals surface area contributed by atoms with Crippen molar-refractivity contribution in [1.82, 2.24) is 4.90 Å². The summed E-state index contributed by atoms with van der Waals surface area (Å²) in [7, 11) is 3.33. The molecule has 0 spiro atoms. The summed E-state index contributed by atoms with van der Waals surface area (Å²) in [4.78, 5) is 15.6. The van der Waals surface area contributed by atoms with E-state index in [0.717, 1.165) is 11.6 Å². The third-order valence-electron chi connectivity index (χ3n) is 4.48. The zero-order valence-corrected chi connectivity index (χ0v) is 14.6. The molecule has 3 rings (SSSR count). The molecule has 1 N–H and O–H groups in total. The van der Waals surface area contributed by atoms with E-state index in [0.29, 0.717) is 25.2 Å². The highest BCUT2D eigenvalue weighted by Crippen LogP contribution is 2.37. The molecule has 2 aromatic rings. The Morgan fingerprint density at radius 3 is 2.46 bits per heavy atom. The van der Waals surface area contributed by atoms with E-state index in [1.165, 1.54) is 16.5 Å². The Labute approximate surface area is 150 Å². The minimum Gasteiger partial charge on any atom is -0.378 e. The van der Waals surface area contributed by atoms with Crippen molar-refractivity contribution in [3.63, 3.8) is 0 Å². The van der Waals surface area contributed by atoms with Gasteiger partial charge in [0.2, 0.25) is 0 Å². The number of carbonyl (C=O) groups is 1. The average Bonchev–Trinajstić information content (AvgIpc) is 2.60. The first-order valence-corrected chi connectivity index (χ1v) is 8.27. The fourth-order valence-corrected chi connectivity index (χ4v) is 3.02. The fourth-order valence-electron chi connectivity index (χ4n) is 3.02. The molecule has 0 saturated carbocycles. The van der Waals surface area contributed by atoms with Gasteiger partial charge >= 0.3 is 12.2 Å². The van der Waals surface area contributed by atoms with Crippen LogP contribution in [0.3, 0.4) is 0 Å². The molecule has 0 fully saturated rings. The maximum absolute atomic E-state index is 13.4. The van der Waals surface area contributed by atoms with E-state index in [1.807, 2.05) is 24.3 Å². The lowest BCUT2D eigenvalue weighted by molar-refractivity contribution is -0.136. The van der Waals surface area contributed by atoms with E-state index >= 15 is 0 Å². The van der Waals surface area contributed by atoms with Crippen LogP contribution >= 0.6 is 0 Å². The number of nitrogens with zero attached hydrogens (tertiary/aromatic N) is 2. The highest BCUT2D eigenvalue weighted by molar-refractivity contribution is 5.91. The third-order valence-corrected chi connectivity index (χ3v) is 4.48. The summed E-state index contributed by atoms with van der Waals surface area (Å²) in [5.41, 5.74) is 1.53. The first kappa shape index (κ1) is 18.1. The molecule has 0 saturated heterocycles. The molecule has 1 heterocycles. The van der Waals surface area contributed by atoms with Crippen molar-refractivity contribution in [1.29, 1.82) is 0 Å². The molecule has 2 amide bonds. The third kappa shape index (κ3) is 3.76. The predicted molar refractivity (Wildman–Crippen MR) is 95.3 cm³/mol. The van der Waals surface area contributed by atoms with Crippen LogP contribution in [0.5, 0.6) is 0 Å². The van der Waals surface area contributed by atoms with Crippen molar-refractivity contribution in [3.8, 4) is 0 Å². The summed E-state index contributed by atoms with van der Waals surface area (Å²) in [5, 5.41) is 2.43. The van der Waals surface area contributed by atoms with Gasteiger partial charge in [0.1, 0.15) is 0 Å². The Kier molecular flexibility index (Phi) is 4.80. The van der Waals surface area contributed by atoms with Crippen LogP contribution in [0.1, 0.15) is 16.7 Å². The molecular formula is C19H20F3N3O. The van der Waals surface area contributed by atoms with E-state index < -0.39 is 17.8 Å². The monoisotopic (exact) mass is 363 g/mol. The van der Waals surface area contributed by atoms with Crippen LogP contribution in [0.2, 0.25) is 0 Å². The molecular weight excluding hydrogens is 343 g/mol. The van der Waals surface area contributed by atoms with Crippen molar-refractivity contribution in [2.45, 2.75) is 19.1 Å². The second kappa shape index (κ2) is 6.90. The van der Waals surface area contributed by atoms with Crippen molar-refractivity contribution < 1.29 is 18.0 Å². The topological polar surface area (TPSA) is 35.6 Å². The van der Waals surface area contributed by atoms with Crippen LogP contribution in [0, 0.1) is 0 Å². The van der Waals surface area contributed by atoms with Gasteiger partial charge in [-0.05, 0) is 35.7 Å². The number of nitrogens with one attached hydrogen (secondary N) is 1. The minimum atomic E-state index is -4.55. The standard InChI is InChI=1S/C19H20F3N3O/c1-24(2)15-7-8-17(16(11-15)19(20,21)22)23-18(26)25-10-9-13-5-3-4-6-14(13)12-25/h3-8,11H,9-10,12H2,1-2H3,(H,23,26). The fraction of sp³-hybridized carbons (Fsp3) is 0.316. The lowest BCUT2D eigenvalue weighted by atomic mass is 10.0. The van der Waals surface area contributed by atoms with Crippen LogP contribution in [-0.4, -0.2) is 31.6 Å². The first-order valence-electron chi connectivity index (χ1n) is 8.27. The molecule has 4 nitrogen and oxygen atoms in total. The van der Waals surface area contributed by atoms with Crippen molar-refractivity contribution in [3.05, 3.63) is 59.2 Å². The van der Waals surface area contributed by atoms with E-state index in [-0.39, 0.29) is 5.69 Å². The molecule has 0 atom stereocenters. The Balaban J connectivity index is 1.81. The second-order valence-corrected chi connectivity index (χ2v) is 6.49. The molecule has 1 aliphatic rings. The molecule has 2 aromatic carbocycles. The molecule has 0 aliphatic carbocycles. The van der Waals surface area contributed by atoms with E-state index in [9.17, 15) is 18.0 Å². The quantitative estimate of drug-likeness (QED) is 0.860. The maximum Gasteiger partial charge on any atom is 0.418 e. The van der Waals surface area contributed by atoms with Gasteiger partial charge in [-0.25, -0.2) is 4.79 Å². The Morgan fingerprint density at radius 1 is 1.12 bits per heavy atom. The lowest BCUT2D eigenvalue weighted by Gasteiger charge is -2.29. The van der Waals surface area contributed by atoms with Crippen molar-refractivity contribution in [2.75, 3.05) is 30.9 Å². The number of benzene rings is 2.